The monoisotopic (exact) mass is 632 g/mol. The summed E-state index contributed by atoms with van der Waals surface area (Å²) in [7, 11) is 0. The van der Waals surface area contributed by atoms with Crippen LogP contribution in [0.15, 0.2) is 146 Å². The van der Waals surface area contributed by atoms with Crippen molar-refractivity contribution in [1.82, 2.24) is 4.57 Å². The van der Waals surface area contributed by atoms with Gasteiger partial charge >= 0.3 is 0 Å². The Morgan fingerprint density at radius 1 is 0.531 bits per heavy atom. The van der Waals surface area contributed by atoms with Crippen LogP contribution in [0.5, 0.6) is 0 Å². The fourth-order valence-corrected chi connectivity index (χ4v) is 8.64. The van der Waals surface area contributed by atoms with E-state index in [9.17, 15) is 0 Å². The van der Waals surface area contributed by atoms with Gasteiger partial charge in [0.05, 0.1) is 16.7 Å². The molecule has 0 bridgehead atoms. The average Bonchev–Trinajstić information content (AvgIpc) is 3.63. The van der Waals surface area contributed by atoms with E-state index < -0.39 is 0 Å². The second-order valence-electron chi connectivity index (χ2n) is 13.8. The highest BCUT2D eigenvalue weighted by molar-refractivity contribution is 6.13. The van der Waals surface area contributed by atoms with Crippen LogP contribution in [-0.2, 0) is 5.41 Å². The summed E-state index contributed by atoms with van der Waals surface area (Å²) in [5, 5.41) is 5.07. The van der Waals surface area contributed by atoms with Gasteiger partial charge < -0.3 is 9.47 Å². The van der Waals surface area contributed by atoms with Gasteiger partial charge in [-0.1, -0.05) is 132 Å². The van der Waals surface area contributed by atoms with Crippen molar-refractivity contribution in [3.05, 3.63) is 168 Å². The van der Waals surface area contributed by atoms with E-state index in [0.29, 0.717) is 5.92 Å². The summed E-state index contributed by atoms with van der Waals surface area (Å²) >= 11 is 0. The van der Waals surface area contributed by atoms with Crippen LogP contribution in [0, 0.1) is 0 Å². The van der Waals surface area contributed by atoms with Crippen LogP contribution in [0.2, 0.25) is 0 Å². The maximum absolute atomic E-state index is 2.50. The molecule has 0 spiro atoms. The van der Waals surface area contributed by atoms with Gasteiger partial charge in [-0.3, -0.25) is 0 Å². The molecule has 0 saturated carbocycles. The Bertz CT molecular complexity index is 2580. The van der Waals surface area contributed by atoms with Crippen LogP contribution in [0.1, 0.15) is 62.8 Å². The number of hydrogen-bond acceptors (Lipinski definition) is 1. The van der Waals surface area contributed by atoms with Gasteiger partial charge in [0.15, 0.2) is 0 Å². The van der Waals surface area contributed by atoms with Gasteiger partial charge in [0.2, 0.25) is 0 Å². The summed E-state index contributed by atoms with van der Waals surface area (Å²) in [5.74, 6) is 0.350. The van der Waals surface area contributed by atoms with Crippen LogP contribution in [0.4, 0.5) is 17.1 Å². The van der Waals surface area contributed by atoms with E-state index in [1.807, 2.05) is 13.8 Å². The van der Waals surface area contributed by atoms with Gasteiger partial charge in [0.25, 0.3) is 0 Å². The largest absolute Gasteiger partial charge is 0.310 e. The fraction of sp³-hybridized carbons (Fsp3) is 0.149. The average molecular weight is 633 g/mol. The smallest absolute Gasteiger partial charge is 0.0582 e. The first-order valence-electron chi connectivity index (χ1n) is 17.7. The van der Waals surface area contributed by atoms with E-state index in [0.717, 1.165) is 11.4 Å². The van der Waals surface area contributed by atoms with Gasteiger partial charge in [0, 0.05) is 39.2 Å². The normalized spacial score (nSPS) is 15.0. The quantitative estimate of drug-likeness (QED) is 0.188. The third kappa shape index (κ3) is 4.20. The lowest BCUT2D eigenvalue weighted by Crippen LogP contribution is -2.26. The zero-order chi connectivity index (χ0) is 33.4. The van der Waals surface area contributed by atoms with Crippen LogP contribution in [0.3, 0.4) is 0 Å². The Kier molecular flexibility index (Phi) is 6.61. The van der Waals surface area contributed by atoms with Crippen molar-refractivity contribution in [2.45, 2.75) is 46.0 Å². The molecule has 2 aliphatic rings. The summed E-state index contributed by atoms with van der Waals surface area (Å²) in [5.41, 5.74) is 15.5. The van der Waals surface area contributed by atoms with E-state index in [4.69, 9.17) is 0 Å². The molecule has 2 heteroatoms. The summed E-state index contributed by atoms with van der Waals surface area (Å²) < 4.78 is 2.50. The van der Waals surface area contributed by atoms with Gasteiger partial charge in [-0.15, -0.1) is 0 Å². The fourth-order valence-electron chi connectivity index (χ4n) is 8.64. The van der Waals surface area contributed by atoms with Crippen LogP contribution < -0.4 is 4.90 Å². The number of nitrogens with zero attached hydrogens (tertiary/aromatic N) is 2. The zero-order valence-corrected chi connectivity index (χ0v) is 28.8. The molecule has 0 fully saturated rings. The van der Waals surface area contributed by atoms with Crippen molar-refractivity contribution in [2.75, 3.05) is 4.90 Å². The van der Waals surface area contributed by atoms with Crippen molar-refractivity contribution < 1.29 is 0 Å². The molecule has 1 atom stereocenters. The minimum atomic E-state index is -0.0842. The van der Waals surface area contributed by atoms with Crippen LogP contribution in [0.25, 0.3) is 49.4 Å². The first-order chi connectivity index (χ1) is 24.0. The predicted octanol–water partition coefficient (Wildman–Crippen LogP) is 13.2. The molecular weight excluding hydrogens is 593 g/mol. The number of para-hydroxylation sites is 2. The molecule has 1 aliphatic carbocycles. The molecule has 0 saturated heterocycles. The summed E-state index contributed by atoms with van der Waals surface area (Å²) in [6, 6.07) is 54.3. The van der Waals surface area contributed by atoms with Crippen LogP contribution in [-0.4, -0.2) is 4.57 Å². The first-order valence-corrected chi connectivity index (χ1v) is 17.7. The second kappa shape index (κ2) is 11.0. The van der Waals surface area contributed by atoms with Crippen molar-refractivity contribution >= 4 is 49.6 Å². The highest BCUT2D eigenvalue weighted by Crippen LogP contribution is 2.50. The molecule has 1 unspecified atom stereocenters. The third-order valence-corrected chi connectivity index (χ3v) is 11.0. The second-order valence-corrected chi connectivity index (χ2v) is 13.8. The number of aromatic nitrogens is 1. The van der Waals surface area contributed by atoms with E-state index in [2.05, 4.69) is 176 Å². The molecule has 7 aromatic carbocycles. The minimum absolute atomic E-state index is 0.0842. The Morgan fingerprint density at radius 3 is 2.06 bits per heavy atom. The SMILES string of the molecule is CC.CC1c2ccccc2-c2ccc(N(c3ccc4ccccc4c3)c3ccc4c(c3)c3cccc5c3n4-c3ccccc3C5(C)C)cc21. The highest BCUT2D eigenvalue weighted by Gasteiger charge is 2.35. The molecule has 49 heavy (non-hydrogen) atoms. The lowest BCUT2D eigenvalue weighted by Gasteiger charge is -2.34. The summed E-state index contributed by atoms with van der Waals surface area (Å²) in [4.78, 5) is 2.45. The lowest BCUT2D eigenvalue weighted by molar-refractivity contribution is 0.630. The predicted molar refractivity (Wildman–Crippen MR) is 209 cm³/mol. The van der Waals surface area contributed by atoms with E-state index in [-0.39, 0.29) is 5.41 Å². The molecule has 0 radical (unpaired) electrons. The third-order valence-electron chi connectivity index (χ3n) is 11.0. The van der Waals surface area contributed by atoms with Gasteiger partial charge in [0.1, 0.15) is 0 Å². The van der Waals surface area contributed by atoms with Crippen LogP contribution >= 0.6 is 0 Å². The molecular formula is C47H40N2. The first kappa shape index (κ1) is 29.5. The zero-order valence-electron chi connectivity index (χ0n) is 28.8. The van der Waals surface area contributed by atoms with Gasteiger partial charge in [-0.05, 0) is 92.7 Å². The number of anilines is 3. The Labute approximate surface area is 288 Å². The van der Waals surface area contributed by atoms with Crippen molar-refractivity contribution in [2.24, 2.45) is 0 Å². The molecule has 1 aromatic heterocycles. The Hall–Kier alpha value is -5.60. The number of benzene rings is 7. The molecule has 2 heterocycles. The molecule has 2 nitrogen and oxygen atoms in total. The Balaban J connectivity index is 0.00000160. The standard InChI is InChI=1S/C45H34N2.C2H6/c1-28-34-13-6-7-14-35(34)36-23-21-32(26-38(28)36)46(31-20-19-29-11-4-5-12-30(29)25-31)33-22-24-42-39(27-33)37-15-10-17-41-44(37)47(42)43-18-9-8-16-40(43)45(41,2)3;1-2/h4-28H,1-3H3;1-2H3. The van der Waals surface area contributed by atoms with Crippen molar-refractivity contribution in [3.8, 4) is 16.8 Å². The van der Waals surface area contributed by atoms with E-state index >= 15 is 0 Å². The van der Waals surface area contributed by atoms with Crippen molar-refractivity contribution in [1.29, 1.82) is 0 Å². The minimum Gasteiger partial charge on any atom is -0.310 e. The molecule has 238 valence electrons. The summed E-state index contributed by atoms with van der Waals surface area (Å²) in [6.45, 7) is 11.1. The molecule has 10 rings (SSSR count). The van der Waals surface area contributed by atoms with Gasteiger partial charge in [-0.25, -0.2) is 0 Å². The maximum atomic E-state index is 2.50. The van der Waals surface area contributed by atoms with E-state index in [1.165, 1.54) is 77.3 Å². The topological polar surface area (TPSA) is 8.17 Å². The molecule has 0 amide bonds. The number of fused-ring (bicyclic) bond motifs is 9. The molecule has 1 aliphatic heterocycles. The lowest BCUT2D eigenvalue weighted by atomic mass is 9.75. The molecule has 0 N–H and O–H groups in total. The highest BCUT2D eigenvalue weighted by atomic mass is 15.1. The van der Waals surface area contributed by atoms with Crippen molar-refractivity contribution in [3.63, 3.8) is 0 Å². The maximum Gasteiger partial charge on any atom is 0.0582 e. The summed E-state index contributed by atoms with van der Waals surface area (Å²) in [6.07, 6.45) is 0. The Morgan fingerprint density at radius 2 is 1.18 bits per heavy atom. The number of rotatable bonds is 3. The van der Waals surface area contributed by atoms with E-state index in [1.54, 1.807) is 0 Å². The number of hydrogen-bond donors (Lipinski definition) is 0. The molecule has 8 aromatic rings. The van der Waals surface area contributed by atoms with Gasteiger partial charge in [-0.2, -0.15) is 0 Å².